The first-order valence-electron chi connectivity index (χ1n) is 7.24. The highest BCUT2D eigenvalue weighted by atomic mass is 16.5. The molecule has 1 N–H and O–H groups in total. The smallest absolute Gasteiger partial charge is 0.0510 e. The zero-order valence-corrected chi connectivity index (χ0v) is 12.0. The molecule has 1 rings (SSSR count). The van der Waals surface area contributed by atoms with Crippen LogP contribution in [0, 0.1) is 5.92 Å². The van der Waals surface area contributed by atoms with Gasteiger partial charge in [0.15, 0.2) is 0 Å². The van der Waals surface area contributed by atoms with E-state index in [0.717, 1.165) is 32.8 Å². The van der Waals surface area contributed by atoms with Gasteiger partial charge in [0.1, 0.15) is 0 Å². The summed E-state index contributed by atoms with van der Waals surface area (Å²) in [6.07, 6.45) is 2.43. The Morgan fingerprint density at radius 2 is 2.12 bits per heavy atom. The lowest BCUT2D eigenvalue weighted by Crippen LogP contribution is -2.48. The zero-order valence-electron chi connectivity index (χ0n) is 12.0. The van der Waals surface area contributed by atoms with E-state index in [1.807, 2.05) is 0 Å². The Hall–Kier alpha value is -0.120. The molecular formula is C14H30N2O. The van der Waals surface area contributed by atoms with Crippen LogP contribution in [-0.2, 0) is 4.74 Å². The quantitative estimate of drug-likeness (QED) is 0.705. The van der Waals surface area contributed by atoms with E-state index in [1.165, 1.54) is 12.8 Å². The van der Waals surface area contributed by atoms with Crippen molar-refractivity contribution in [2.24, 2.45) is 5.92 Å². The van der Waals surface area contributed by atoms with Crippen molar-refractivity contribution in [3.8, 4) is 0 Å². The normalized spacial score (nSPS) is 22.6. The summed E-state index contributed by atoms with van der Waals surface area (Å²) >= 11 is 0. The fourth-order valence-electron chi connectivity index (χ4n) is 2.54. The number of nitrogens with one attached hydrogen (secondary N) is 1. The predicted molar refractivity (Wildman–Crippen MR) is 73.4 cm³/mol. The maximum Gasteiger partial charge on any atom is 0.0510 e. The Labute approximate surface area is 107 Å². The van der Waals surface area contributed by atoms with Crippen molar-refractivity contribution in [3.63, 3.8) is 0 Å². The number of hydrogen-bond donors (Lipinski definition) is 1. The minimum absolute atomic E-state index is 0.597. The van der Waals surface area contributed by atoms with E-state index in [2.05, 4.69) is 37.9 Å². The molecule has 3 heteroatoms. The van der Waals surface area contributed by atoms with E-state index in [9.17, 15) is 0 Å². The van der Waals surface area contributed by atoms with Gasteiger partial charge in [-0.05, 0) is 39.8 Å². The Bertz CT molecular complexity index is 191. The van der Waals surface area contributed by atoms with Crippen molar-refractivity contribution in [3.05, 3.63) is 0 Å². The SMILES string of the molecule is CCCNC(CN(CC)C(C)C)C1CCOC1. The van der Waals surface area contributed by atoms with Gasteiger partial charge in [-0.25, -0.2) is 0 Å². The van der Waals surface area contributed by atoms with Gasteiger partial charge < -0.3 is 10.1 Å². The van der Waals surface area contributed by atoms with Gasteiger partial charge in [0, 0.05) is 31.2 Å². The second-order valence-electron chi connectivity index (χ2n) is 5.37. The second kappa shape index (κ2) is 8.06. The van der Waals surface area contributed by atoms with Crippen LogP contribution in [0.25, 0.3) is 0 Å². The van der Waals surface area contributed by atoms with Crippen molar-refractivity contribution >= 4 is 0 Å². The highest BCUT2D eigenvalue weighted by molar-refractivity contribution is 4.83. The molecule has 0 radical (unpaired) electrons. The lowest BCUT2D eigenvalue weighted by Gasteiger charge is -2.32. The molecule has 1 aliphatic rings. The topological polar surface area (TPSA) is 24.5 Å². The molecule has 0 aromatic heterocycles. The van der Waals surface area contributed by atoms with Crippen LogP contribution in [0.3, 0.4) is 0 Å². The predicted octanol–water partition coefficient (Wildman–Crippen LogP) is 2.12. The maximum absolute atomic E-state index is 5.54. The molecule has 0 aliphatic carbocycles. The summed E-state index contributed by atoms with van der Waals surface area (Å²) in [6.45, 7) is 14.3. The number of nitrogens with zero attached hydrogens (tertiary/aromatic N) is 1. The van der Waals surface area contributed by atoms with Gasteiger partial charge in [0.25, 0.3) is 0 Å². The van der Waals surface area contributed by atoms with E-state index in [4.69, 9.17) is 4.74 Å². The third-order valence-corrected chi connectivity index (χ3v) is 3.76. The molecule has 2 atom stereocenters. The van der Waals surface area contributed by atoms with Gasteiger partial charge in [-0.3, -0.25) is 4.90 Å². The lowest BCUT2D eigenvalue weighted by molar-refractivity contribution is 0.151. The third-order valence-electron chi connectivity index (χ3n) is 3.76. The van der Waals surface area contributed by atoms with E-state index >= 15 is 0 Å². The van der Waals surface area contributed by atoms with Crippen molar-refractivity contribution in [2.75, 3.05) is 32.8 Å². The van der Waals surface area contributed by atoms with Crippen LogP contribution in [0.4, 0.5) is 0 Å². The molecule has 0 saturated carbocycles. The van der Waals surface area contributed by atoms with Crippen LogP contribution >= 0.6 is 0 Å². The molecule has 0 spiro atoms. The molecule has 0 aromatic carbocycles. The summed E-state index contributed by atoms with van der Waals surface area (Å²) in [5.74, 6) is 0.703. The summed E-state index contributed by atoms with van der Waals surface area (Å²) < 4.78 is 5.54. The standard InChI is InChI=1S/C14H30N2O/c1-5-8-15-14(13-7-9-17-11-13)10-16(6-2)12(3)4/h12-15H,5-11H2,1-4H3. The molecule has 2 unspecified atom stereocenters. The average molecular weight is 242 g/mol. The van der Waals surface area contributed by atoms with Gasteiger partial charge in [-0.1, -0.05) is 13.8 Å². The van der Waals surface area contributed by atoms with E-state index in [1.54, 1.807) is 0 Å². The van der Waals surface area contributed by atoms with Crippen LogP contribution in [-0.4, -0.2) is 49.8 Å². The first kappa shape index (κ1) is 14.9. The minimum atomic E-state index is 0.597. The van der Waals surface area contributed by atoms with Gasteiger partial charge in [-0.2, -0.15) is 0 Å². The summed E-state index contributed by atoms with van der Waals surface area (Å²) in [5, 5.41) is 3.71. The Morgan fingerprint density at radius 1 is 1.35 bits per heavy atom. The van der Waals surface area contributed by atoms with Crippen molar-refractivity contribution in [1.29, 1.82) is 0 Å². The molecule has 17 heavy (non-hydrogen) atoms. The molecule has 0 bridgehead atoms. The fourth-order valence-corrected chi connectivity index (χ4v) is 2.54. The van der Waals surface area contributed by atoms with Crippen molar-refractivity contribution < 1.29 is 4.74 Å². The van der Waals surface area contributed by atoms with Crippen LogP contribution in [0.1, 0.15) is 40.5 Å². The molecule has 1 fully saturated rings. The molecule has 3 nitrogen and oxygen atoms in total. The van der Waals surface area contributed by atoms with Gasteiger partial charge >= 0.3 is 0 Å². The van der Waals surface area contributed by atoms with Crippen molar-refractivity contribution in [1.82, 2.24) is 10.2 Å². The molecular weight excluding hydrogens is 212 g/mol. The van der Waals surface area contributed by atoms with Crippen LogP contribution < -0.4 is 5.32 Å². The molecule has 102 valence electrons. The largest absolute Gasteiger partial charge is 0.381 e. The molecule has 1 heterocycles. The average Bonchev–Trinajstić information content (AvgIpc) is 2.82. The van der Waals surface area contributed by atoms with Crippen LogP contribution in [0.5, 0.6) is 0 Å². The first-order valence-corrected chi connectivity index (χ1v) is 7.24. The summed E-state index contributed by atoms with van der Waals surface area (Å²) in [4.78, 5) is 2.55. The monoisotopic (exact) mass is 242 g/mol. The number of hydrogen-bond acceptors (Lipinski definition) is 3. The summed E-state index contributed by atoms with van der Waals surface area (Å²) in [7, 11) is 0. The Kier molecular flexibility index (Phi) is 7.09. The molecule has 0 amide bonds. The maximum atomic E-state index is 5.54. The van der Waals surface area contributed by atoms with Gasteiger partial charge in [0.2, 0.25) is 0 Å². The van der Waals surface area contributed by atoms with Crippen molar-refractivity contribution in [2.45, 2.75) is 52.6 Å². The number of likely N-dealkylation sites (N-methyl/N-ethyl adjacent to an activating group) is 1. The van der Waals surface area contributed by atoms with Gasteiger partial charge in [-0.15, -0.1) is 0 Å². The first-order chi connectivity index (χ1) is 8.19. The number of rotatable bonds is 8. The second-order valence-corrected chi connectivity index (χ2v) is 5.37. The zero-order chi connectivity index (χ0) is 12.7. The summed E-state index contributed by atoms with van der Waals surface area (Å²) in [6, 6.07) is 1.23. The minimum Gasteiger partial charge on any atom is -0.381 e. The Morgan fingerprint density at radius 3 is 2.59 bits per heavy atom. The molecule has 1 saturated heterocycles. The van der Waals surface area contributed by atoms with E-state index in [0.29, 0.717) is 18.0 Å². The summed E-state index contributed by atoms with van der Waals surface area (Å²) in [5.41, 5.74) is 0. The lowest BCUT2D eigenvalue weighted by atomic mass is 9.98. The van der Waals surface area contributed by atoms with E-state index < -0.39 is 0 Å². The van der Waals surface area contributed by atoms with Crippen LogP contribution in [0.2, 0.25) is 0 Å². The van der Waals surface area contributed by atoms with Gasteiger partial charge in [0.05, 0.1) is 6.61 Å². The van der Waals surface area contributed by atoms with E-state index in [-0.39, 0.29) is 0 Å². The number of ether oxygens (including phenoxy) is 1. The third kappa shape index (κ3) is 4.94. The molecule has 1 aliphatic heterocycles. The highest BCUT2D eigenvalue weighted by Crippen LogP contribution is 2.18. The highest BCUT2D eigenvalue weighted by Gasteiger charge is 2.27. The molecule has 0 aromatic rings. The fraction of sp³-hybridized carbons (Fsp3) is 1.00. The van der Waals surface area contributed by atoms with Crippen LogP contribution in [0.15, 0.2) is 0 Å². The Balaban J connectivity index is 2.48.